The predicted molar refractivity (Wildman–Crippen MR) is 74.4 cm³/mol. The highest BCUT2D eigenvalue weighted by molar-refractivity contribution is 7.99. The van der Waals surface area contributed by atoms with Gasteiger partial charge in [-0.3, -0.25) is 0 Å². The third-order valence-electron chi connectivity index (χ3n) is 2.20. The van der Waals surface area contributed by atoms with Crippen molar-refractivity contribution in [2.75, 3.05) is 18.1 Å². The second-order valence-electron chi connectivity index (χ2n) is 4.60. The highest BCUT2D eigenvalue weighted by atomic mass is 32.2. The average molecular weight is 259 g/mol. The molecule has 1 aromatic rings. The van der Waals surface area contributed by atoms with Crippen molar-refractivity contribution >= 4 is 23.1 Å². The van der Waals surface area contributed by atoms with Crippen molar-refractivity contribution in [2.45, 2.75) is 32.4 Å². The number of nitrogens with one attached hydrogen (secondary N) is 1. The Balaban J connectivity index is 2.08. The Morgan fingerprint density at radius 1 is 1.56 bits per heavy atom. The van der Waals surface area contributed by atoms with E-state index < -0.39 is 5.60 Å². The van der Waals surface area contributed by atoms with Gasteiger partial charge in [-0.15, -0.1) is 0 Å². The van der Waals surface area contributed by atoms with E-state index >= 15 is 0 Å². The lowest BCUT2D eigenvalue weighted by Gasteiger charge is -2.17. The van der Waals surface area contributed by atoms with Crippen molar-refractivity contribution in [3.05, 3.63) is 22.4 Å². The molecule has 1 atom stereocenters. The summed E-state index contributed by atoms with van der Waals surface area (Å²) in [5, 5.41) is 17.3. The molecule has 1 aromatic heterocycles. The first-order valence-electron chi connectivity index (χ1n) is 5.54. The molecule has 92 valence electrons. The van der Waals surface area contributed by atoms with Crippen LogP contribution in [0.15, 0.2) is 16.8 Å². The van der Waals surface area contributed by atoms with E-state index in [0.29, 0.717) is 6.04 Å². The van der Waals surface area contributed by atoms with Crippen molar-refractivity contribution < 1.29 is 5.11 Å². The molecule has 0 bridgehead atoms. The van der Waals surface area contributed by atoms with Crippen molar-refractivity contribution in [1.29, 1.82) is 0 Å². The van der Waals surface area contributed by atoms with Crippen LogP contribution in [0.1, 0.15) is 32.4 Å². The van der Waals surface area contributed by atoms with Gasteiger partial charge in [0.05, 0.1) is 5.60 Å². The number of thiophene rings is 1. The van der Waals surface area contributed by atoms with E-state index in [1.165, 1.54) is 5.56 Å². The fourth-order valence-corrected chi connectivity index (χ4v) is 2.97. The zero-order valence-electron chi connectivity index (χ0n) is 10.2. The lowest BCUT2D eigenvalue weighted by Crippen LogP contribution is -2.24. The Labute approximate surface area is 106 Å². The summed E-state index contributed by atoms with van der Waals surface area (Å²) in [5.41, 5.74) is 0.807. The van der Waals surface area contributed by atoms with Gasteiger partial charge in [-0.2, -0.15) is 23.1 Å². The SMILES string of the molecule is CC(NCCSCC(C)(C)O)c1ccsc1. The third kappa shape index (κ3) is 5.89. The van der Waals surface area contributed by atoms with Crippen LogP contribution in [-0.4, -0.2) is 28.8 Å². The number of aliphatic hydroxyl groups is 1. The van der Waals surface area contributed by atoms with Gasteiger partial charge < -0.3 is 10.4 Å². The molecule has 0 saturated carbocycles. The van der Waals surface area contributed by atoms with Gasteiger partial charge >= 0.3 is 0 Å². The summed E-state index contributed by atoms with van der Waals surface area (Å²) in [6.07, 6.45) is 0. The van der Waals surface area contributed by atoms with Gasteiger partial charge in [0.25, 0.3) is 0 Å². The summed E-state index contributed by atoms with van der Waals surface area (Å²) < 4.78 is 0. The molecule has 0 aromatic carbocycles. The van der Waals surface area contributed by atoms with Crippen molar-refractivity contribution in [3.8, 4) is 0 Å². The predicted octanol–water partition coefficient (Wildman–Crippen LogP) is 2.90. The van der Waals surface area contributed by atoms with E-state index in [-0.39, 0.29) is 0 Å². The molecule has 0 saturated heterocycles. The first-order chi connectivity index (χ1) is 7.49. The lowest BCUT2D eigenvalue weighted by atomic mass is 10.2. The van der Waals surface area contributed by atoms with Gasteiger partial charge in [0.1, 0.15) is 0 Å². The molecular formula is C12H21NOS2. The Morgan fingerprint density at radius 3 is 2.88 bits per heavy atom. The van der Waals surface area contributed by atoms with Crippen LogP contribution < -0.4 is 5.32 Å². The maximum atomic E-state index is 9.54. The van der Waals surface area contributed by atoms with Crippen LogP contribution in [0.4, 0.5) is 0 Å². The van der Waals surface area contributed by atoms with Crippen LogP contribution in [-0.2, 0) is 0 Å². The summed E-state index contributed by atoms with van der Waals surface area (Å²) in [6.45, 7) is 6.86. The van der Waals surface area contributed by atoms with Crippen LogP contribution in [0.5, 0.6) is 0 Å². The Kier molecular flexibility index (Phi) is 5.83. The van der Waals surface area contributed by atoms with E-state index in [0.717, 1.165) is 18.1 Å². The van der Waals surface area contributed by atoms with Crippen LogP contribution in [0.25, 0.3) is 0 Å². The summed E-state index contributed by atoms with van der Waals surface area (Å²) in [4.78, 5) is 0. The molecule has 2 nitrogen and oxygen atoms in total. The van der Waals surface area contributed by atoms with E-state index in [1.54, 1.807) is 23.1 Å². The maximum absolute atomic E-state index is 9.54. The smallest absolute Gasteiger partial charge is 0.0681 e. The van der Waals surface area contributed by atoms with Gasteiger partial charge in [0.15, 0.2) is 0 Å². The highest BCUT2D eigenvalue weighted by Gasteiger charge is 2.11. The Bertz CT molecular complexity index is 280. The summed E-state index contributed by atoms with van der Waals surface area (Å²) in [5.74, 6) is 1.83. The number of hydrogen-bond donors (Lipinski definition) is 2. The van der Waals surface area contributed by atoms with Gasteiger partial charge in [0.2, 0.25) is 0 Å². The third-order valence-corrected chi connectivity index (χ3v) is 4.30. The molecule has 4 heteroatoms. The fraction of sp³-hybridized carbons (Fsp3) is 0.667. The molecule has 0 spiro atoms. The van der Waals surface area contributed by atoms with Crippen LogP contribution in [0.2, 0.25) is 0 Å². The zero-order valence-corrected chi connectivity index (χ0v) is 11.8. The van der Waals surface area contributed by atoms with Gasteiger partial charge in [0, 0.05) is 24.1 Å². The van der Waals surface area contributed by atoms with E-state index in [2.05, 4.69) is 29.1 Å². The molecule has 2 N–H and O–H groups in total. The first kappa shape index (κ1) is 14.0. The molecular weight excluding hydrogens is 238 g/mol. The Hall–Kier alpha value is -0.0300. The standard InChI is InChI=1S/C12H21NOS2/c1-10(11-4-6-15-8-11)13-5-7-16-9-12(2,3)14/h4,6,8,10,13-14H,5,7,9H2,1-3H3. The highest BCUT2D eigenvalue weighted by Crippen LogP contribution is 2.16. The van der Waals surface area contributed by atoms with Gasteiger partial charge in [-0.25, -0.2) is 0 Å². The molecule has 16 heavy (non-hydrogen) atoms. The summed E-state index contributed by atoms with van der Waals surface area (Å²) >= 11 is 3.53. The van der Waals surface area contributed by atoms with Crippen molar-refractivity contribution in [1.82, 2.24) is 5.32 Å². The fourth-order valence-electron chi connectivity index (χ4n) is 1.31. The molecule has 0 amide bonds. The topological polar surface area (TPSA) is 32.3 Å². The second kappa shape index (κ2) is 6.64. The van der Waals surface area contributed by atoms with Crippen molar-refractivity contribution in [2.24, 2.45) is 0 Å². The molecule has 0 radical (unpaired) electrons. The monoisotopic (exact) mass is 259 g/mol. The van der Waals surface area contributed by atoms with E-state index in [4.69, 9.17) is 0 Å². The molecule has 1 unspecified atom stereocenters. The lowest BCUT2D eigenvalue weighted by molar-refractivity contribution is 0.107. The van der Waals surface area contributed by atoms with Crippen LogP contribution in [0, 0.1) is 0 Å². The van der Waals surface area contributed by atoms with Crippen molar-refractivity contribution in [3.63, 3.8) is 0 Å². The number of hydrogen-bond acceptors (Lipinski definition) is 4. The second-order valence-corrected chi connectivity index (χ2v) is 6.48. The molecule has 0 aliphatic carbocycles. The molecule has 0 aliphatic heterocycles. The largest absolute Gasteiger partial charge is 0.390 e. The maximum Gasteiger partial charge on any atom is 0.0681 e. The zero-order chi connectivity index (χ0) is 12.0. The molecule has 1 heterocycles. The van der Waals surface area contributed by atoms with Crippen LogP contribution >= 0.6 is 23.1 Å². The number of thioether (sulfide) groups is 1. The van der Waals surface area contributed by atoms with E-state index in [9.17, 15) is 5.11 Å². The Morgan fingerprint density at radius 2 is 2.31 bits per heavy atom. The molecule has 0 fully saturated rings. The average Bonchev–Trinajstić information content (AvgIpc) is 2.67. The van der Waals surface area contributed by atoms with Crippen LogP contribution in [0.3, 0.4) is 0 Å². The minimum atomic E-state index is -0.552. The normalized spacial score (nSPS) is 14.0. The molecule has 0 aliphatic rings. The quantitative estimate of drug-likeness (QED) is 0.739. The molecule has 1 rings (SSSR count). The van der Waals surface area contributed by atoms with Gasteiger partial charge in [-0.1, -0.05) is 0 Å². The minimum absolute atomic E-state index is 0.425. The number of rotatable bonds is 7. The summed E-state index contributed by atoms with van der Waals surface area (Å²) in [6, 6.07) is 2.58. The van der Waals surface area contributed by atoms with Gasteiger partial charge in [-0.05, 0) is 43.2 Å². The summed E-state index contributed by atoms with van der Waals surface area (Å²) in [7, 11) is 0. The minimum Gasteiger partial charge on any atom is -0.390 e. The first-order valence-corrected chi connectivity index (χ1v) is 7.64. The van der Waals surface area contributed by atoms with E-state index in [1.807, 2.05) is 13.8 Å².